The van der Waals surface area contributed by atoms with Crippen LogP contribution in [0.2, 0.25) is 0 Å². The maximum absolute atomic E-state index is 12.5. The minimum absolute atomic E-state index is 0.0287. The van der Waals surface area contributed by atoms with Crippen LogP contribution >= 0.6 is 0 Å². The number of amides is 3. The zero-order valence-electron chi connectivity index (χ0n) is 13.1. The Hall–Kier alpha value is -3.02. The summed E-state index contributed by atoms with van der Waals surface area (Å²) in [5.41, 5.74) is 7.52. The molecule has 0 fully saturated rings. The molecule has 0 radical (unpaired) electrons. The van der Waals surface area contributed by atoms with E-state index in [2.05, 4.69) is 10.6 Å². The van der Waals surface area contributed by atoms with Crippen LogP contribution in [0.4, 0.5) is 10.5 Å². The SMILES string of the molecule is NC(=O)Nc1cccc(CNC(=O)[C@@H]2CCOc3ccccc32)c1. The van der Waals surface area contributed by atoms with Gasteiger partial charge in [-0.25, -0.2) is 4.79 Å². The Labute approximate surface area is 140 Å². The van der Waals surface area contributed by atoms with Gasteiger partial charge in [0.05, 0.1) is 12.5 Å². The second-order valence-electron chi connectivity index (χ2n) is 5.63. The molecule has 3 amide bonds. The molecule has 3 rings (SSSR count). The quantitative estimate of drug-likeness (QED) is 0.805. The first-order chi connectivity index (χ1) is 11.6. The monoisotopic (exact) mass is 325 g/mol. The van der Waals surface area contributed by atoms with Crippen molar-refractivity contribution in [2.24, 2.45) is 5.73 Å². The first-order valence-corrected chi connectivity index (χ1v) is 7.78. The Morgan fingerprint density at radius 3 is 2.83 bits per heavy atom. The van der Waals surface area contributed by atoms with Gasteiger partial charge in [-0.1, -0.05) is 30.3 Å². The topological polar surface area (TPSA) is 93.5 Å². The molecule has 4 N–H and O–H groups in total. The first kappa shape index (κ1) is 15.9. The number of hydrogen-bond acceptors (Lipinski definition) is 3. The maximum atomic E-state index is 12.5. The Bertz CT molecular complexity index is 761. The lowest BCUT2D eigenvalue weighted by Gasteiger charge is -2.25. The lowest BCUT2D eigenvalue weighted by molar-refractivity contribution is -0.123. The Morgan fingerprint density at radius 2 is 2.00 bits per heavy atom. The van der Waals surface area contributed by atoms with Crippen molar-refractivity contribution < 1.29 is 14.3 Å². The van der Waals surface area contributed by atoms with Crippen molar-refractivity contribution in [1.29, 1.82) is 0 Å². The Balaban J connectivity index is 1.65. The number of carbonyl (C=O) groups excluding carboxylic acids is 2. The number of fused-ring (bicyclic) bond motifs is 1. The highest BCUT2D eigenvalue weighted by Gasteiger charge is 2.27. The normalized spacial score (nSPS) is 15.8. The van der Waals surface area contributed by atoms with E-state index in [0.717, 1.165) is 16.9 Å². The summed E-state index contributed by atoms with van der Waals surface area (Å²) in [6, 6.07) is 14.2. The van der Waals surface area contributed by atoms with Crippen molar-refractivity contribution in [3.8, 4) is 5.75 Å². The van der Waals surface area contributed by atoms with E-state index < -0.39 is 6.03 Å². The van der Waals surface area contributed by atoms with E-state index >= 15 is 0 Å². The van der Waals surface area contributed by atoms with Crippen LogP contribution in [-0.2, 0) is 11.3 Å². The van der Waals surface area contributed by atoms with Crippen LogP contribution in [-0.4, -0.2) is 18.5 Å². The molecule has 1 aliphatic heterocycles. The van der Waals surface area contributed by atoms with Crippen LogP contribution in [0.15, 0.2) is 48.5 Å². The second kappa shape index (κ2) is 7.04. The largest absolute Gasteiger partial charge is 0.493 e. The number of nitrogens with one attached hydrogen (secondary N) is 2. The summed E-state index contributed by atoms with van der Waals surface area (Å²) in [5, 5.41) is 5.47. The number of primary amides is 1. The van der Waals surface area contributed by atoms with Gasteiger partial charge in [0.1, 0.15) is 5.75 Å². The molecule has 1 atom stereocenters. The third kappa shape index (κ3) is 3.65. The molecule has 2 aromatic rings. The molecule has 1 heterocycles. The fraction of sp³-hybridized carbons (Fsp3) is 0.222. The molecule has 0 spiro atoms. The van der Waals surface area contributed by atoms with Crippen molar-refractivity contribution >= 4 is 17.6 Å². The fourth-order valence-electron chi connectivity index (χ4n) is 2.83. The summed E-state index contributed by atoms with van der Waals surface area (Å²) in [6.07, 6.45) is 0.659. The highest BCUT2D eigenvalue weighted by Crippen LogP contribution is 2.33. The van der Waals surface area contributed by atoms with E-state index in [0.29, 0.717) is 25.3 Å². The van der Waals surface area contributed by atoms with Gasteiger partial charge in [-0.3, -0.25) is 4.79 Å². The predicted molar refractivity (Wildman–Crippen MR) is 90.8 cm³/mol. The number of para-hydroxylation sites is 1. The summed E-state index contributed by atoms with van der Waals surface area (Å²) >= 11 is 0. The van der Waals surface area contributed by atoms with E-state index in [1.165, 1.54) is 0 Å². The molecule has 0 unspecified atom stereocenters. The number of anilines is 1. The Kier molecular flexibility index (Phi) is 4.65. The molecular weight excluding hydrogens is 306 g/mol. The number of ether oxygens (including phenoxy) is 1. The molecular formula is C18H19N3O3. The zero-order chi connectivity index (χ0) is 16.9. The van der Waals surface area contributed by atoms with Gasteiger partial charge in [0.15, 0.2) is 0 Å². The van der Waals surface area contributed by atoms with Gasteiger partial charge in [-0.2, -0.15) is 0 Å². The molecule has 0 aliphatic carbocycles. The lowest BCUT2D eigenvalue weighted by Crippen LogP contribution is -2.32. The number of benzene rings is 2. The van der Waals surface area contributed by atoms with Gasteiger partial charge in [0.2, 0.25) is 5.91 Å². The van der Waals surface area contributed by atoms with E-state index in [4.69, 9.17) is 10.5 Å². The minimum atomic E-state index is -0.616. The first-order valence-electron chi connectivity index (χ1n) is 7.78. The van der Waals surface area contributed by atoms with Crippen LogP contribution in [0.5, 0.6) is 5.75 Å². The highest BCUT2D eigenvalue weighted by molar-refractivity contribution is 5.88. The smallest absolute Gasteiger partial charge is 0.316 e. The molecule has 24 heavy (non-hydrogen) atoms. The molecule has 0 bridgehead atoms. The second-order valence-corrected chi connectivity index (χ2v) is 5.63. The number of carbonyl (C=O) groups is 2. The lowest BCUT2D eigenvalue weighted by atomic mass is 9.92. The van der Waals surface area contributed by atoms with Gasteiger partial charge >= 0.3 is 6.03 Å². The molecule has 2 aromatic carbocycles. The van der Waals surface area contributed by atoms with E-state index in [-0.39, 0.29) is 11.8 Å². The van der Waals surface area contributed by atoms with Crippen LogP contribution in [0.1, 0.15) is 23.5 Å². The number of nitrogens with two attached hydrogens (primary N) is 1. The van der Waals surface area contributed by atoms with E-state index in [1.54, 1.807) is 18.2 Å². The predicted octanol–water partition coefficient (Wildman–Crippen LogP) is 2.36. The number of rotatable bonds is 4. The average molecular weight is 325 g/mol. The summed E-state index contributed by atoms with van der Waals surface area (Å²) in [7, 11) is 0. The standard InChI is InChI=1S/C18H19N3O3/c19-18(23)21-13-5-3-4-12(10-13)11-20-17(22)15-8-9-24-16-7-2-1-6-14(15)16/h1-7,10,15H,8-9,11H2,(H,20,22)(H3,19,21,23)/t15-/m1/s1. The van der Waals surface area contributed by atoms with Crippen LogP contribution in [0.3, 0.4) is 0 Å². The highest BCUT2D eigenvalue weighted by atomic mass is 16.5. The van der Waals surface area contributed by atoms with E-state index in [9.17, 15) is 9.59 Å². The Morgan fingerprint density at radius 1 is 1.17 bits per heavy atom. The van der Waals surface area contributed by atoms with Crippen LogP contribution < -0.4 is 21.1 Å². The van der Waals surface area contributed by atoms with Gasteiger partial charge in [0.25, 0.3) is 0 Å². The van der Waals surface area contributed by atoms with Gasteiger partial charge in [-0.15, -0.1) is 0 Å². The average Bonchev–Trinajstić information content (AvgIpc) is 2.59. The van der Waals surface area contributed by atoms with Gasteiger partial charge < -0.3 is 21.1 Å². The van der Waals surface area contributed by atoms with Crippen molar-refractivity contribution in [1.82, 2.24) is 5.32 Å². The third-order valence-electron chi connectivity index (χ3n) is 3.94. The minimum Gasteiger partial charge on any atom is -0.493 e. The van der Waals surface area contributed by atoms with Gasteiger partial charge in [0, 0.05) is 17.8 Å². The summed E-state index contributed by atoms with van der Waals surface area (Å²) < 4.78 is 5.59. The maximum Gasteiger partial charge on any atom is 0.316 e. The summed E-state index contributed by atoms with van der Waals surface area (Å²) in [6.45, 7) is 0.916. The number of urea groups is 1. The fourth-order valence-corrected chi connectivity index (χ4v) is 2.83. The zero-order valence-corrected chi connectivity index (χ0v) is 13.1. The molecule has 6 heteroatoms. The van der Waals surface area contributed by atoms with Crippen LogP contribution in [0, 0.1) is 0 Å². The molecule has 0 saturated carbocycles. The van der Waals surface area contributed by atoms with Crippen molar-refractivity contribution in [3.63, 3.8) is 0 Å². The molecule has 124 valence electrons. The number of hydrogen-bond donors (Lipinski definition) is 3. The summed E-state index contributed by atoms with van der Waals surface area (Å²) in [5.74, 6) is 0.539. The van der Waals surface area contributed by atoms with Crippen LogP contribution in [0.25, 0.3) is 0 Å². The van der Waals surface area contributed by atoms with Crippen molar-refractivity contribution in [2.45, 2.75) is 18.9 Å². The molecule has 6 nitrogen and oxygen atoms in total. The van der Waals surface area contributed by atoms with Crippen molar-refractivity contribution in [3.05, 3.63) is 59.7 Å². The summed E-state index contributed by atoms with van der Waals surface area (Å²) in [4.78, 5) is 23.4. The molecule has 0 aromatic heterocycles. The third-order valence-corrected chi connectivity index (χ3v) is 3.94. The van der Waals surface area contributed by atoms with Crippen molar-refractivity contribution in [2.75, 3.05) is 11.9 Å². The molecule has 1 aliphatic rings. The van der Waals surface area contributed by atoms with E-state index in [1.807, 2.05) is 30.3 Å². The molecule has 0 saturated heterocycles. The van der Waals surface area contributed by atoms with Gasteiger partial charge in [-0.05, 0) is 30.2 Å².